The van der Waals surface area contributed by atoms with Crippen LogP contribution in [0.1, 0.15) is 26.5 Å². The summed E-state index contributed by atoms with van der Waals surface area (Å²) >= 11 is 0. The summed E-state index contributed by atoms with van der Waals surface area (Å²) in [5.74, 6) is -1.25. The summed E-state index contributed by atoms with van der Waals surface area (Å²) in [4.78, 5) is 38.5. The first-order valence-corrected chi connectivity index (χ1v) is 7.15. The fourth-order valence-corrected chi connectivity index (χ4v) is 1.61. The summed E-state index contributed by atoms with van der Waals surface area (Å²) in [5.41, 5.74) is -0.362. The molecule has 0 radical (unpaired) electrons. The van der Waals surface area contributed by atoms with Crippen LogP contribution in [-0.2, 0) is 20.7 Å². The van der Waals surface area contributed by atoms with Gasteiger partial charge in [0.1, 0.15) is 24.6 Å². The molecule has 0 aliphatic carbocycles. The van der Waals surface area contributed by atoms with Gasteiger partial charge in [-0.1, -0.05) is 12.7 Å². The fourth-order valence-electron chi connectivity index (χ4n) is 1.61. The predicted octanol–water partition coefficient (Wildman–Crippen LogP) is 1.57. The average Bonchev–Trinajstić information content (AvgIpc) is 2.91. The van der Waals surface area contributed by atoms with Crippen LogP contribution in [0, 0.1) is 0 Å². The molecule has 0 saturated carbocycles. The highest BCUT2D eigenvalue weighted by Crippen LogP contribution is 2.10. The van der Waals surface area contributed by atoms with Gasteiger partial charge in [-0.2, -0.15) is 0 Å². The van der Waals surface area contributed by atoms with Crippen LogP contribution in [0.25, 0.3) is 0 Å². The first kappa shape index (κ1) is 19.2. The molecule has 0 unspecified atom stereocenters. The number of carbonyl (C=O) groups is 3. The Labute approximate surface area is 139 Å². The Hall–Kier alpha value is -2.84. The number of aromatic nitrogens is 2. The quantitative estimate of drug-likeness (QED) is 0.755. The van der Waals surface area contributed by atoms with Crippen molar-refractivity contribution in [2.24, 2.45) is 0 Å². The lowest BCUT2D eigenvalue weighted by atomic mass is 10.2. The molecule has 1 aromatic heterocycles. The molecule has 0 bridgehead atoms. The summed E-state index contributed by atoms with van der Waals surface area (Å²) in [6.45, 7) is 8.52. The second kappa shape index (κ2) is 8.14. The molecule has 24 heavy (non-hydrogen) atoms. The largest absolute Gasteiger partial charge is 0.480 e. The molecule has 1 heterocycles. The third-order valence-electron chi connectivity index (χ3n) is 2.58. The van der Waals surface area contributed by atoms with E-state index >= 15 is 0 Å². The Bertz CT molecular complexity index is 617. The Kier molecular flexibility index (Phi) is 6.51. The maximum Gasteiger partial charge on any atom is 0.419 e. The first-order chi connectivity index (χ1) is 11.1. The van der Waals surface area contributed by atoms with Crippen molar-refractivity contribution < 1.29 is 29.0 Å². The number of aliphatic carboxylic acids is 1. The molecular formula is C15H21N3O6. The molecule has 1 amide bonds. The summed E-state index contributed by atoms with van der Waals surface area (Å²) in [6, 6.07) is -1.25. The second-order valence-electron chi connectivity index (χ2n) is 5.88. The van der Waals surface area contributed by atoms with E-state index in [9.17, 15) is 14.4 Å². The summed E-state index contributed by atoms with van der Waals surface area (Å²) in [5, 5.41) is 11.4. The van der Waals surface area contributed by atoms with Gasteiger partial charge in [0, 0.05) is 12.6 Å². The Balaban J connectivity index is 2.72. The summed E-state index contributed by atoms with van der Waals surface area (Å²) in [6.07, 6.45) is 2.30. The highest BCUT2D eigenvalue weighted by Gasteiger charge is 2.23. The Morgan fingerprint density at radius 3 is 2.67 bits per heavy atom. The molecule has 0 aliphatic heterocycles. The predicted molar refractivity (Wildman–Crippen MR) is 83.7 cm³/mol. The van der Waals surface area contributed by atoms with Crippen molar-refractivity contribution in [2.45, 2.75) is 38.8 Å². The number of rotatable bonds is 6. The van der Waals surface area contributed by atoms with Gasteiger partial charge in [-0.25, -0.2) is 23.9 Å². The summed E-state index contributed by atoms with van der Waals surface area (Å²) < 4.78 is 11.0. The molecule has 0 fully saturated rings. The van der Waals surface area contributed by atoms with Crippen molar-refractivity contribution in [3.8, 4) is 0 Å². The molecule has 9 nitrogen and oxygen atoms in total. The standard InChI is InChI=1S/C15H21N3O6/c1-5-6-23-13(21)17-11(12(19)20)7-10-8-18(9-16-10)14(22)24-15(2,3)4/h5,8-9,11H,1,6-7H2,2-4H3,(H,17,21)(H,19,20)/t11-/m0/s1. The van der Waals surface area contributed by atoms with E-state index in [0.717, 1.165) is 4.57 Å². The number of carbonyl (C=O) groups excluding carboxylic acids is 2. The fraction of sp³-hybridized carbons (Fsp3) is 0.467. The summed E-state index contributed by atoms with van der Waals surface area (Å²) in [7, 11) is 0. The van der Waals surface area contributed by atoms with Crippen LogP contribution >= 0.6 is 0 Å². The van der Waals surface area contributed by atoms with Crippen molar-refractivity contribution in [2.75, 3.05) is 6.61 Å². The third kappa shape index (κ3) is 6.51. The molecule has 132 valence electrons. The molecule has 1 atom stereocenters. The normalized spacial score (nSPS) is 12.1. The number of carboxylic acids is 1. The van der Waals surface area contributed by atoms with Crippen LogP contribution in [0.4, 0.5) is 9.59 Å². The van der Waals surface area contributed by atoms with Crippen molar-refractivity contribution in [3.05, 3.63) is 30.9 Å². The van der Waals surface area contributed by atoms with Gasteiger partial charge in [0.05, 0.1) is 5.69 Å². The lowest BCUT2D eigenvalue weighted by molar-refractivity contribution is -0.139. The van der Waals surface area contributed by atoms with Crippen molar-refractivity contribution in [1.29, 1.82) is 0 Å². The molecule has 0 aromatic carbocycles. The smallest absolute Gasteiger partial charge is 0.419 e. The van der Waals surface area contributed by atoms with Gasteiger partial charge in [-0.15, -0.1) is 0 Å². The maximum absolute atomic E-state index is 11.9. The SMILES string of the molecule is C=CCOC(=O)N[C@@H](Cc1cn(C(=O)OC(C)(C)C)cn1)C(=O)O. The van der Waals surface area contributed by atoms with Crippen molar-refractivity contribution >= 4 is 18.2 Å². The highest BCUT2D eigenvalue weighted by molar-refractivity contribution is 5.80. The number of nitrogens with zero attached hydrogens (tertiary/aromatic N) is 2. The van der Waals surface area contributed by atoms with Crippen LogP contribution in [0.5, 0.6) is 0 Å². The number of amides is 1. The number of ether oxygens (including phenoxy) is 2. The van der Waals surface area contributed by atoms with E-state index in [1.165, 1.54) is 18.6 Å². The first-order valence-electron chi connectivity index (χ1n) is 7.15. The van der Waals surface area contributed by atoms with Gasteiger partial charge >= 0.3 is 18.2 Å². The van der Waals surface area contributed by atoms with Crippen LogP contribution in [-0.4, -0.2) is 51.1 Å². The molecule has 0 spiro atoms. The topological polar surface area (TPSA) is 120 Å². The van der Waals surface area contributed by atoms with Crippen LogP contribution in [0.3, 0.4) is 0 Å². The maximum atomic E-state index is 11.9. The minimum absolute atomic E-state index is 0.0363. The molecule has 0 saturated heterocycles. The van der Waals surface area contributed by atoms with E-state index < -0.39 is 29.8 Å². The highest BCUT2D eigenvalue weighted by atomic mass is 16.6. The zero-order valence-electron chi connectivity index (χ0n) is 13.8. The molecule has 1 aromatic rings. The van der Waals surface area contributed by atoms with Crippen molar-refractivity contribution in [3.63, 3.8) is 0 Å². The zero-order valence-corrected chi connectivity index (χ0v) is 13.8. The number of hydrogen-bond acceptors (Lipinski definition) is 6. The van der Waals surface area contributed by atoms with Gasteiger partial charge in [0.2, 0.25) is 0 Å². The zero-order chi connectivity index (χ0) is 18.3. The van der Waals surface area contributed by atoms with Crippen LogP contribution in [0.15, 0.2) is 25.2 Å². The molecular weight excluding hydrogens is 318 g/mol. The number of nitrogens with one attached hydrogen (secondary N) is 1. The van der Waals surface area contributed by atoms with E-state index in [4.69, 9.17) is 9.84 Å². The Morgan fingerprint density at radius 2 is 2.12 bits per heavy atom. The van der Waals surface area contributed by atoms with E-state index in [0.29, 0.717) is 5.69 Å². The molecule has 9 heteroatoms. The van der Waals surface area contributed by atoms with Crippen LogP contribution < -0.4 is 5.32 Å². The third-order valence-corrected chi connectivity index (χ3v) is 2.58. The monoisotopic (exact) mass is 339 g/mol. The van der Waals surface area contributed by atoms with Gasteiger partial charge < -0.3 is 19.9 Å². The van der Waals surface area contributed by atoms with Gasteiger partial charge in [0.15, 0.2) is 0 Å². The van der Waals surface area contributed by atoms with Gasteiger partial charge in [0.25, 0.3) is 0 Å². The lowest BCUT2D eigenvalue weighted by Crippen LogP contribution is -2.42. The number of imidazole rings is 1. The number of carboxylic acid groups (broad SMARTS) is 1. The van der Waals surface area contributed by atoms with Gasteiger partial charge in [-0.3, -0.25) is 0 Å². The van der Waals surface area contributed by atoms with E-state index in [2.05, 4.69) is 21.6 Å². The van der Waals surface area contributed by atoms with Crippen LogP contribution in [0.2, 0.25) is 0 Å². The molecule has 2 N–H and O–H groups in total. The van der Waals surface area contributed by atoms with Crippen molar-refractivity contribution in [1.82, 2.24) is 14.9 Å². The molecule has 0 aliphatic rings. The van der Waals surface area contributed by atoms with E-state index in [-0.39, 0.29) is 13.0 Å². The van der Waals surface area contributed by atoms with Gasteiger partial charge in [-0.05, 0) is 20.8 Å². The molecule has 1 rings (SSSR count). The average molecular weight is 339 g/mol. The van der Waals surface area contributed by atoms with E-state index in [1.54, 1.807) is 20.8 Å². The van der Waals surface area contributed by atoms with E-state index in [1.807, 2.05) is 0 Å². The lowest BCUT2D eigenvalue weighted by Gasteiger charge is -2.19. The number of alkyl carbamates (subject to hydrolysis) is 1. The second-order valence-corrected chi connectivity index (χ2v) is 5.88. The minimum atomic E-state index is -1.25. The minimum Gasteiger partial charge on any atom is -0.480 e. The Morgan fingerprint density at radius 1 is 1.46 bits per heavy atom. The number of hydrogen-bond donors (Lipinski definition) is 2.